The summed E-state index contributed by atoms with van der Waals surface area (Å²) >= 11 is 1.68. The van der Waals surface area contributed by atoms with Crippen molar-refractivity contribution in [3.8, 4) is 0 Å². The lowest BCUT2D eigenvalue weighted by atomic mass is 9.96. The summed E-state index contributed by atoms with van der Waals surface area (Å²) in [5.74, 6) is -2.90. The third-order valence-electron chi connectivity index (χ3n) is 3.26. The van der Waals surface area contributed by atoms with Gasteiger partial charge in [-0.25, -0.2) is 4.79 Å². The van der Waals surface area contributed by atoms with E-state index in [2.05, 4.69) is 0 Å². The quantitative estimate of drug-likeness (QED) is 0.676. The Labute approximate surface area is 118 Å². The third-order valence-corrected chi connectivity index (χ3v) is 3.85. The molecule has 0 amide bonds. The molecule has 2 N–H and O–H groups in total. The van der Waals surface area contributed by atoms with E-state index in [0.717, 1.165) is 0 Å². The maximum Gasteiger partial charge on any atom is 0.364 e. The van der Waals surface area contributed by atoms with Crippen molar-refractivity contribution in [2.45, 2.75) is 50.2 Å². The summed E-state index contributed by atoms with van der Waals surface area (Å²) in [4.78, 5) is 11.1. The van der Waals surface area contributed by atoms with Crippen LogP contribution < -0.4 is 0 Å². The second-order valence-electron chi connectivity index (χ2n) is 4.53. The maximum atomic E-state index is 11.1. The molecule has 0 aromatic carbocycles. The minimum absolute atomic E-state index is 0.228. The number of carboxylic acids is 1. The minimum atomic E-state index is -1.70. The van der Waals surface area contributed by atoms with Gasteiger partial charge in [0.1, 0.15) is 47.4 Å². The van der Waals surface area contributed by atoms with Crippen LogP contribution in [0.15, 0.2) is 0 Å². The zero-order valence-corrected chi connectivity index (χ0v) is 12.1. The van der Waals surface area contributed by atoms with Gasteiger partial charge in [-0.2, -0.15) is 0 Å². The molecule has 8 heteroatoms. The minimum Gasteiger partial charge on any atom is -0.477 e. The molecule has 104 valence electrons. The highest BCUT2D eigenvalue weighted by Crippen LogP contribution is 2.39. The molecular weight excluding hydrogens is 359 g/mol. The molecule has 2 aliphatic rings. The van der Waals surface area contributed by atoms with E-state index in [-0.39, 0.29) is 12.7 Å². The van der Waals surface area contributed by atoms with Gasteiger partial charge >= 0.3 is 5.97 Å². The lowest BCUT2D eigenvalue weighted by Gasteiger charge is -2.39. The second-order valence-corrected chi connectivity index (χ2v) is 5.04. The topological polar surface area (TPSA) is 94.5 Å². The largest absolute Gasteiger partial charge is 0.477 e. The fraction of sp³-hybridized carbons (Fsp3) is 0.900. The van der Waals surface area contributed by atoms with Crippen LogP contribution in [-0.4, -0.2) is 59.1 Å². The summed E-state index contributed by atoms with van der Waals surface area (Å²) in [6.45, 7) is 2.87. The molecule has 2 aliphatic heterocycles. The van der Waals surface area contributed by atoms with Crippen molar-refractivity contribution in [1.29, 1.82) is 0 Å². The Kier molecular flexibility index (Phi) is 4.14. The van der Waals surface area contributed by atoms with Gasteiger partial charge in [0.25, 0.3) is 5.79 Å². The number of carboxylic acid groups (broad SMARTS) is 1. The van der Waals surface area contributed by atoms with Gasteiger partial charge in [-0.3, -0.25) is 0 Å². The number of carbonyl (C=O) groups is 1. The van der Waals surface area contributed by atoms with Crippen LogP contribution >= 0.6 is 23.0 Å². The van der Waals surface area contributed by atoms with Gasteiger partial charge in [0.05, 0.1) is 12.7 Å². The van der Waals surface area contributed by atoms with Gasteiger partial charge in [-0.1, -0.05) is 0 Å². The molecule has 2 fully saturated rings. The van der Waals surface area contributed by atoms with E-state index in [4.69, 9.17) is 22.4 Å². The van der Waals surface area contributed by atoms with Gasteiger partial charge in [0, 0.05) is 6.92 Å². The van der Waals surface area contributed by atoms with Crippen LogP contribution in [0.25, 0.3) is 0 Å². The first kappa shape index (κ1) is 14.4. The van der Waals surface area contributed by atoms with Crippen LogP contribution in [0.1, 0.15) is 13.8 Å². The number of fused-ring (bicyclic) bond motifs is 1. The highest BCUT2D eigenvalue weighted by molar-refractivity contribution is 14.1. The third kappa shape index (κ3) is 2.25. The Morgan fingerprint density at radius 3 is 2.56 bits per heavy atom. The van der Waals surface area contributed by atoms with Crippen LogP contribution in [0.2, 0.25) is 0 Å². The highest BCUT2D eigenvalue weighted by atomic mass is 127. The van der Waals surface area contributed by atoms with Gasteiger partial charge < -0.3 is 27.5 Å². The summed E-state index contributed by atoms with van der Waals surface area (Å²) in [7, 11) is 0. The predicted molar refractivity (Wildman–Crippen MR) is 66.1 cm³/mol. The number of hydrogen-bond donors (Lipinski definition) is 2. The number of rotatable bonds is 3. The first-order chi connectivity index (χ1) is 8.42. The standard InChI is InChI=1S/C10H15IO7/c1-4-6-8(7(18-11)5(3-12)15-4)17-10(2,16-6)9(13)14/h4-8,12H,3H2,1-2H3,(H,13,14)/t4?,5?,6-,7-,8?,10+/m0/s1. The van der Waals surface area contributed by atoms with Crippen molar-refractivity contribution < 1.29 is 32.3 Å². The number of halogens is 1. The van der Waals surface area contributed by atoms with Crippen molar-refractivity contribution in [3.63, 3.8) is 0 Å². The molecule has 2 saturated heterocycles. The molecule has 2 rings (SSSR count). The average Bonchev–Trinajstić information content (AvgIpc) is 2.68. The molecule has 0 spiro atoms. The van der Waals surface area contributed by atoms with Crippen molar-refractivity contribution >= 4 is 29.0 Å². The van der Waals surface area contributed by atoms with E-state index in [0.29, 0.717) is 0 Å². The zero-order chi connectivity index (χ0) is 13.5. The van der Waals surface area contributed by atoms with Crippen LogP contribution in [0, 0.1) is 0 Å². The van der Waals surface area contributed by atoms with Crippen LogP contribution in [0.5, 0.6) is 0 Å². The van der Waals surface area contributed by atoms with E-state index in [1.165, 1.54) is 6.92 Å². The van der Waals surface area contributed by atoms with Gasteiger partial charge in [0.2, 0.25) is 0 Å². The average molecular weight is 374 g/mol. The van der Waals surface area contributed by atoms with Crippen molar-refractivity contribution in [3.05, 3.63) is 0 Å². The van der Waals surface area contributed by atoms with Crippen molar-refractivity contribution in [2.75, 3.05) is 6.61 Å². The van der Waals surface area contributed by atoms with Gasteiger partial charge in [-0.05, 0) is 6.92 Å². The van der Waals surface area contributed by atoms with Crippen LogP contribution in [0.4, 0.5) is 0 Å². The van der Waals surface area contributed by atoms with Gasteiger partial charge in [0.15, 0.2) is 0 Å². The number of aliphatic hydroxyl groups excluding tert-OH is 1. The second kappa shape index (κ2) is 5.17. The maximum absolute atomic E-state index is 11.1. The number of aliphatic hydroxyl groups is 1. The lowest BCUT2D eigenvalue weighted by Crippen LogP contribution is -2.56. The first-order valence-electron chi connectivity index (χ1n) is 5.55. The summed E-state index contributed by atoms with van der Waals surface area (Å²) in [5.41, 5.74) is 0. The van der Waals surface area contributed by atoms with E-state index >= 15 is 0 Å². The van der Waals surface area contributed by atoms with Crippen molar-refractivity contribution in [1.82, 2.24) is 0 Å². The summed E-state index contributed by atoms with van der Waals surface area (Å²) in [6, 6.07) is 0. The molecule has 0 aliphatic carbocycles. The Morgan fingerprint density at radius 1 is 1.44 bits per heavy atom. The van der Waals surface area contributed by atoms with E-state index in [1.54, 1.807) is 29.9 Å². The number of hydrogen-bond acceptors (Lipinski definition) is 6. The zero-order valence-electron chi connectivity index (χ0n) is 9.91. The predicted octanol–water partition coefficient (Wildman–Crippen LogP) is 0.0860. The number of ether oxygens (including phenoxy) is 3. The van der Waals surface area contributed by atoms with E-state index in [1.807, 2.05) is 0 Å². The number of aliphatic carboxylic acids is 1. The fourth-order valence-electron chi connectivity index (χ4n) is 2.30. The Hall–Kier alpha value is -0.0000000000000000763. The lowest BCUT2D eigenvalue weighted by molar-refractivity contribution is -0.204. The van der Waals surface area contributed by atoms with E-state index < -0.39 is 36.2 Å². The monoisotopic (exact) mass is 374 g/mol. The molecule has 6 atom stereocenters. The summed E-state index contributed by atoms with van der Waals surface area (Å²) < 4.78 is 21.7. The Balaban J connectivity index is 2.24. The molecular formula is C10H15IO7. The first-order valence-corrected chi connectivity index (χ1v) is 6.43. The Bertz CT molecular complexity index is 338. The van der Waals surface area contributed by atoms with Crippen LogP contribution in [-0.2, 0) is 22.1 Å². The molecule has 0 bridgehead atoms. The molecule has 0 aromatic heterocycles. The summed E-state index contributed by atoms with van der Waals surface area (Å²) in [5, 5.41) is 18.4. The molecule has 7 nitrogen and oxygen atoms in total. The molecule has 18 heavy (non-hydrogen) atoms. The highest BCUT2D eigenvalue weighted by Gasteiger charge is 2.58. The molecule has 0 radical (unpaired) electrons. The smallest absolute Gasteiger partial charge is 0.364 e. The van der Waals surface area contributed by atoms with Crippen LogP contribution in [0.3, 0.4) is 0 Å². The summed E-state index contributed by atoms with van der Waals surface area (Å²) in [6.07, 6.45) is -2.62. The molecule has 2 heterocycles. The van der Waals surface area contributed by atoms with Crippen molar-refractivity contribution in [2.24, 2.45) is 0 Å². The molecule has 3 unspecified atom stereocenters. The molecule has 0 saturated carbocycles. The Morgan fingerprint density at radius 2 is 2.06 bits per heavy atom. The van der Waals surface area contributed by atoms with E-state index in [9.17, 15) is 9.90 Å². The fourth-order valence-corrected chi connectivity index (χ4v) is 2.91. The van der Waals surface area contributed by atoms with Gasteiger partial charge in [-0.15, -0.1) is 0 Å². The normalized spacial score (nSPS) is 47.9. The SMILES string of the molecule is CC1OC(CO)[C@H](OI)C2O[C@](C)(C(=O)O)O[C@@H]12. The molecule has 0 aromatic rings.